The molecular formula is C15H22ClN3O. The normalized spacial score (nSPS) is 17.1. The fraction of sp³-hybridized carbons (Fsp3) is 0.533. The fourth-order valence-corrected chi connectivity index (χ4v) is 2.67. The molecule has 1 fully saturated rings. The lowest BCUT2D eigenvalue weighted by Crippen LogP contribution is -2.44. The maximum Gasteiger partial charge on any atom is 0.238 e. The molecule has 110 valence electrons. The van der Waals surface area contributed by atoms with Crippen LogP contribution in [-0.4, -0.2) is 43.5 Å². The maximum absolute atomic E-state index is 12.1. The first kappa shape index (κ1) is 15.3. The molecular weight excluding hydrogens is 274 g/mol. The number of benzene rings is 1. The highest BCUT2D eigenvalue weighted by molar-refractivity contribution is 6.31. The van der Waals surface area contributed by atoms with Crippen molar-refractivity contribution in [2.24, 2.45) is 0 Å². The molecule has 0 saturated carbocycles. The Kier molecular flexibility index (Phi) is 5.40. The number of nitrogens with one attached hydrogen (secondary N) is 2. The van der Waals surface area contributed by atoms with Gasteiger partial charge in [0.05, 0.1) is 6.54 Å². The highest BCUT2D eigenvalue weighted by atomic mass is 35.5. The largest absolute Gasteiger partial charge is 0.325 e. The van der Waals surface area contributed by atoms with Crippen molar-refractivity contribution in [3.8, 4) is 0 Å². The van der Waals surface area contributed by atoms with E-state index < -0.39 is 0 Å². The predicted octanol–water partition coefficient (Wildman–Crippen LogP) is 2.27. The second kappa shape index (κ2) is 7.07. The molecule has 2 rings (SSSR count). The molecule has 1 saturated heterocycles. The second-order valence-electron chi connectivity index (χ2n) is 5.35. The number of anilines is 1. The molecule has 1 aliphatic rings. The Morgan fingerprint density at radius 1 is 1.40 bits per heavy atom. The zero-order valence-electron chi connectivity index (χ0n) is 12.1. The Balaban J connectivity index is 1.85. The number of piperidine rings is 1. The molecule has 0 bridgehead atoms. The van der Waals surface area contributed by atoms with Crippen molar-refractivity contribution >= 4 is 23.2 Å². The van der Waals surface area contributed by atoms with Gasteiger partial charge in [0.1, 0.15) is 0 Å². The van der Waals surface area contributed by atoms with E-state index >= 15 is 0 Å². The van der Waals surface area contributed by atoms with E-state index in [0.29, 0.717) is 17.6 Å². The minimum Gasteiger partial charge on any atom is -0.325 e. The molecule has 1 aromatic rings. The number of carbonyl (C=O) groups excluding carboxylic acids is 1. The molecule has 0 atom stereocenters. The second-order valence-corrected chi connectivity index (χ2v) is 5.78. The van der Waals surface area contributed by atoms with Crippen LogP contribution in [0.1, 0.15) is 18.4 Å². The molecule has 1 amide bonds. The molecule has 0 unspecified atom stereocenters. The number of hydrogen-bond donors (Lipinski definition) is 2. The van der Waals surface area contributed by atoms with Crippen LogP contribution in [0.5, 0.6) is 0 Å². The SMILES string of the molecule is CNC1CCN(CC(=O)Nc2cc(Cl)ccc2C)CC1. The van der Waals surface area contributed by atoms with Gasteiger partial charge in [-0.25, -0.2) is 0 Å². The molecule has 2 N–H and O–H groups in total. The van der Waals surface area contributed by atoms with Crippen LogP contribution in [0.25, 0.3) is 0 Å². The number of likely N-dealkylation sites (tertiary alicyclic amines) is 1. The van der Waals surface area contributed by atoms with Gasteiger partial charge in [0.15, 0.2) is 0 Å². The van der Waals surface area contributed by atoms with E-state index in [-0.39, 0.29) is 5.91 Å². The van der Waals surface area contributed by atoms with Crippen molar-refractivity contribution in [1.29, 1.82) is 0 Å². The summed E-state index contributed by atoms with van der Waals surface area (Å²) in [5.41, 5.74) is 1.82. The number of carbonyl (C=O) groups is 1. The van der Waals surface area contributed by atoms with Crippen molar-refractivity contribution < 1.29 is 4.79 Å². The lowest BCUT2D eigenvalue weighted by Gasteiger charge is -2.31. The molecule has 1 aliphatic heterocycles. The highest BCUT2D eigenvalue weighted by Gasteiger charge is 2.19. The summed E-state index contributed by atoms with van der Waals surface area (Å²) < 4.78 is 0. The lowest BCUT2D eigenvalue weighted by molar-refractivity contribution is -0.117. The van der Waals surface area contributed by atoms with E-state index in [2.05, 4.69) is 15.5 Å². The van der Waals surface area contributed by atoms with Crippen molar-refractivity contribution in [2.75, 3.05) is 32.0 Å². The first-order chi connectivity index (χ1) is 9.58. The van der Waals surface area contributed by atoms with Crippen LogP contribution < -0.4 is 10.6 Å². The summed E-state index contributed by atoms with van der Waals surface area (Å²) in [6.45, 7) is 4.34. The van der Waals surface area contributed by atoms with E-state index in [1.165, 1.54) is 0 Å². The summed E-state index contributed by atoms with van der Waals surface area (Å²) in [7, 11) is 1.99. The Bertz CT molecular complexity index is 470. The molecule has 1 heterocycles. The zero-order chi connectivity index (χ0) is 14.5. The first-order valence-electron chi connectivity index (χ1n) is 7.04. The Labute approximate surface area is 125 Å². The monoisotopic (exact) mass is 295 g/mol. The summed E-state index contributed by atoms with van der Waals surface area (Å²) in [5.74, 6) is 0.0262. The van der Waals surface area contributed by atoms with Crippen LogP contribution in [0.15, 0.2) is 18.2 Å². The number of nitrogens with zero attached hydrogens (tertiary/aromatic N) is 1. The van der Waals surface area contributed by atoms with Gasteiger partial charge in [-0.3, -0.25) is 9.69 Å². The average molecular weight is 296 g/mol. The summed E-state index contributed by atoms with van der Waals surface area (Å²) in [5, 5.41) is 6.87. The van der Waals surface area contributed by atoms with E-state index in [4.69, 9.17) is 11.6 Å². The van der Waals surface area contributed by atoms with Crippen LogP contribution in [0.2, 0.25) is 5.02 Å². The zero-order valence-corrected chi connectivity index (χ0v) is 12.8. The Hall–Kier alpha value is -1.10. The summed E-state index contributed by atoms with van der Waals surface area (Å²) in [6.07, 6.45) is 2.19. The average Bonchev–Trinajstić information content (AvgIpc) is 2.43. The third kappa shape index (κ3) is 4.20. The third-order valence-corrected chi connectivity index (χ3v) is 4.07. The van der Waals surface area contributed by atoms with Gasteiger partial charge in [-0.1, -0.05) is 17.7 Å². The van der Waals surface area contributed by atoms with Gasteiger partial charge in [-0.15, -0.1) is 0 Å². The minimum absolute atomic E-state index is 0.0262. The summed E-state index contributed by atoms with van der Waals surface area (Å²) in [6, 6.07) is 6.12. The standard InChI is InChI=1S/C15H22ClN3O/c1-11-3-4-12(16)9-14(11)18-15(20)10-19-7-5-13(17-2)6-8-19/h3-4,9,13,17H,5-8,10H2,1-2H3,(H,18,20). The minimum atomic E-state index is 0.0262. The molecule has 20 heavy (non-hydrogen) atoms. The molecule has 0 radical (unpaired) electrons. The predicted molar refractivity (Wildman–Crippen MR) is 83.3 cm³/mol. The smallest absolute Gasteiger partial charge is 0.238 e. The molecule has 0 aromatic heterocycles. The number of rotatable bonds is 4. The van der Waals surface area contributed by atoms with Gasteiger partial charge in [0, 0.05) is 29.8 Å². The third-order valence-electron chi connectivity index (χ3n) is 3.84. The number of amides is 1. The quantitative estimate of drug-likeness (QED) is 0.896. The lowest BCUT2D eigenvalue weighted by atomic mass is 10.1. The molecule has 5 heteroatoms. The Morgan fingerprint density at radius 3 is 2.75 bits per heavy atom. The van der Waals surface area contributed by atoms with Gasteiger partial charge in [0.25, 0.3) is 0 Å². The molecule has 1 aromatic carbocycles. The van der Waals surface area contributed by atoms with E-state index in [0.717, 1.165) is 37.2 Å². The molecule has 0 spiro atoms. The van der Waals surface area contributed by atoms with Crippen LogP contribution in [0.3, 0.4) is 0 Å². The fourth-order valence-electron chi connectivity index (χ4n) is 2.50. The topological polar surface area (TPSA) is 44.4 Å². The van der Waals surface area contributed by atoms with Crippen molar-refractivity contribution in [1.82, 2.24) is 10.2 Å². The molecule has 0 aliphatic carbocycles. The van der Waals surface area contributed by atoms with E-state index in [9.17, 15) is 4.79 Å². The Morgan fingerprint density at radius 2 is 2.10 bits per heavy atom. The number of halogens is 1. The first-order valence-corrected chi connectivity index (χ1v) is 7.42. The van der Waals surface area contributed by atoms with E-state index in [1.54, 1.807) is 6.07 Å². The van der Waals surface area contributed by atoms with Crippen molar-refractivity contribution in [2.45, 2.75) is 25.8 Å². The van der Waals surface area contributed by atoms with Crippen LogP contribution in [-0.2, 0) is 4.79 Å². The van der Waals surface area contributed by atoms with Crippen LogP contribution in [0, 0.1) is 6.92 Å². The van der Waals surface area contributed by atoms with Gasteiger partial charge in [-0.2, -0.15) is 0 Å². The maximum atomic E-state index is 12.1. The summed E-state index contributed by atoms with van der Waals surface area (Å²) >= 11 is 5.96. The van der Waals surface area contributed by atoms with Gasteiger partial charge in [-0.05, 0) is 44.5 Å². The summed E-state index contributed by atoms with van der Waals surface area (Å²) in [4.78, 5) is 14.3. The van der Waals surface area contributed by atoms with Gasteiger partial charge < -0.3 is 10.6 Å². The van der Waals surface area contributed by atoms with E-state index in [1.807, 2.05) is 26.1 Å². The van der Waals surface area contributed by atoms with Crippen LogP contribution >= 0.6 is 11.6 Å². The van der Waals surface area contributed by atoms with Crippen LogP contribution in [0.4, 0.5) is 5.69 Å². The van der Waals surface area contributed by atoms with Gasteiger partial charge in [0.2, 0.25) is 5.91 Å². The highest BCUT2D eigenvalue weighted by Crippen LogP contribution is 2.20. The van der Waals surface area contributed by atoms with Crippen molar-refractivity contribution in [3.63, 3.8) is 0 Å². The molecule has 4 nitrogen and oxygen atoms in total. The number of hydrogen-bond acceptors (Lipinski definition) is 3. The van der Waals surface area contributed by atoms with Gasteiger partial charge >= 0.3 is 0 Å². The van der Waals surface area contributed by atoms with Crippen molar-refractivity contribution in [3.05, 3.63) is 28.8 Å². The number of aryl methyl sites for hydroxylation is 1.